The lowest BCUT2D eigenvalue weighted by atomic mass is 10.0. The van der Waals surface area contributed by atoms with E-state index in [1.807, 2.05) is 12.1 Å². The van der Waals surface area contributed by atoms with E-state index in [9.17, 15) is 4.79 Å². The van der Waals surface area contributed by atoms with Crippen LogP contribution in [0.25, 0.3) is 0 Å². The first-order valence-corrected chi connectivity index (χ1v) is 4.91. The summed E-state index contributed by atoms with van der Waals surface area (Å²) >= 11 is 5.75. The van der Waals surface area contributed by atoms with Gasteiger partial charge < -0.3 is 5.11 Å². The highest BCUT2D eigenvalue weighted by Gasteiger charge is 2.56. The van der Waals surface area contributed by atoms with Crippen LogP contribution in [0, 0.1) is 5.41 Å². The minimum Gasteiger partial charge on any atom is -0.481 e. The Morgan fingerprint density at radius 3 is 2.50 bits per heavy atom. The Bertz CT molecular complexity index is 371. The molecule has 0 aromatic heterocycles. The molecule has 0 amide bonds. The predicted molar refractivity (Wildman–Crippen MR) is 54.6 cm³/mol. The van der Waals surface area contributed by atoms with Crippen LogP contribution in [0.15, 0.2) is 24.3 Å². The van der Waals surface area contributed by atoms with E-state index in [0.29, 0.717) is 5.02 Å². The molecule has 2 rings (SSSR count). The third-order valence-corrected chi connectivity index (χ3v) is 3.25. The van der Waals surface area contributed by atoms with E-state index < -0.39 is 11.4 Å². The van der Waals surface area contributed by atoms with Crippen molar-refractivity contribution in [3.63, 3.8) is 0 Å². The monoisotopic (exact) mass is 210 g/mol. The van der Waals surface area contributed by atoms with Gasteiger partial charge in [-0.15, -0.1) is 0 Å². The number of benzene rings is 1. The highest BCUT2D eigenvalue weighted by Crippen LogP contribution is 2.59. The van der Waals surface area contributed by atoms with E-state index in [1.165, 1.54) is 0 Å². The van der Waals surface area contributed by atoms with Gasteiger partial charge in [-0.1, -0.05) is 23.7 Å². The molecule has 74 valence electrons. The van der Waals surface area contributed by atoms with Crippen molar-refractivity contribution in [1.29, 1.82) is 0 Å². The lowest BCUT2D eigenvalue weighted by Gasteiger charge is -2.04. The fourth-order valence-electron chi connectivity index (χ4n) is 1.78. The number of rotatable bonds is 2. The molecular formula is C11H11ClO2. The Morgan fingerprint density at radius 1 is 1.50 bits per heavy atom. The van der Waals surface area contributed by atoms with E-state index in [4.69, 9.17) is 16.7 Å². The molecule has 1 saturated carbocycles. The molecule has 0 heterocycles. The highest BCUT2D eigenvalue weighted by atomic mass is 35.5. The maximum absolute atomic E-state index is 10.9. The highest BCUT2D eigenvalue weighted by molar-refractivity contribution is 6.30. The molecule has 14 heavy (non-hydrogen) atoms. The molecule has 1 N–H and O–H groups in total. The van der Waals surface area contributed by atoms with Crippen LogP contribution >= 0.6 is 11.6 Å². The second-order valence-electron chi connectivity index (χ2n) is 4.03. The lowest BCUT2D eigenvalue weighted by Crippen LogP contribution is -2.12. The molecule has 0 bridgehead atoms. The summed E-state index contributed by atoms with van der Waals surface area (Å²) < 4.78 is 0. The van der Waals surface area contributed by atoms with Gasteiger partial charge in [0.25, 0.3) is 0 Å². The minimum absolute atomic E-state index is 0.150. The first-order valence-electron chi connectivity index (χ1n) is 4.53. The van der Waals surface area contributed by atoms with Gasteiger partial charge in [0.15, 0.2) is 0 Å². The molecular weight excluding hydrogens is 200 g/mol. The van der Waals surface area contributed by atoms with Gasteiger partial charge in [-0.05, 0) is 31.0 Å². The normalized spacial score (nSPS) is 30.0. The Balaban J connectivity index is 2.21. The number of carboxylic acid groups (broad SMARTS) is 1. The molecule has 2 nitrogen and oxygen atoms in total. The van der Waals surface area contributed by atoms with Crippen molar-refractivity contribution >= 4 is 17.6 Å². The van der Waals surface area contributed by atoms with Crippen LogP contribution in [0.4, 0.5) is 0 Å². The number of hydrogen-bond donors (Lipinski definition) is 1. The van der Waals surface area contributed by atoms with E-state index in [-0.39, 0.29) is 5.92 Å². The Kier molecular flexibility index (Phi) is 2.04. The Morgan fingerprint density at radius 2 is 2.07 bits per heavy atom. The van der Waals surface area contributed by atoms with Crippen molar-refractivity contribution in [2.45, 2.75) is 19.3 Å². The largest absolute Gasteiger partial charge is 0.481 e. The number of carboxylic acids is 1. The second-order valence-corrected chi connectivity index (χ2v) is 4.47. The summed E-state index contributed by atoms with van der Waals surface area (Å²) in [5.41, 5.74) is 0.507. The number of carbonyl (C=O) groups is 1. The molecule has 0 unspecified atom stereocenters. The first-order chi connectivity index (χ1) is 6.54. The van der Waals surface area contributed by atoms with Crippen LogP contribution in [-0.2, 0) is 4.79 Å². The summed E-state index contributed by atoms with van der Waals surface area (Å²) in [5.74, 6) is -0.560. The second kappa shape index (κ2) is 2.99. The van der Waals surface area contributed by atoms with E-state index in [2.05, 4.69) is 0 Å². The van der Waals surface area contributed by atoms with Crippen LogP contribution in [0.5, 0.6) is 0 Å². The third kappa shape index (κ3) is 1.40. The average molecular weight is 211 g/mol. The third-order valence-electron chi connectivity index (χ3n) is 3.00. The van der Waals surface area contributed by atoms with Gasteiger partial charge in [-0.25, -0.2) is 0 Å². The maximum Gasteiger partial charge on any atom is 0.309 e. The van der Waals surface area contributed by atoms with Crippen molar-refractivity contribution < 1.29 is 9.90 Å². The summed E-state index contributed by atoms with van der Waals surface area (Å²) in [5, 5.41) is 9.66. The van der Waals surface area contributed by atoms with E-state index in [0.717, 1.165) is 12.0 Å². The average Bonchev–Trinajstić information content (AvgIpc) is 2.81. The van der Waals surface area contributed by atoms with Gasteiger partial charge in [0.2, 0.25) is 0 Å². The van der Waals surface area contributed by atoms with Gasteiger partial charge in [0.1, 0.15) is 0 Å². The van der Waals surface area contributed by atoms with Crippen molar-refractivity contribution in [3.8, 4) is 0 Å². The van der Waals surface area contributed by atoms with Crippen molar-refractivity contribution in [3.05, 3.63) is 34.9 Å². The van der Waals surface area contributed by atoms with Crippen molar-refractivity contribution in [2.24, 2.45) is 5.41 Å². The summed E-state index contributed by atoms with van der Waals surface area (Å²) in [6, 6.07) is 7.41. The number of aliphatic carboxylic acids is 1. The molecule has 0 radical (unpaired) electrons. The van der Waals surface area contributed by atoms with Crippen LogP contribution in [0.3, 0.4) is 0 Å². The topological polar surface area (TPSA) is 37.3 Å². The lowest BCUT2D eigenvalue weighted by molar-refractivity contribution is -0.142. The molecule has 1 aromatic carbocycles. The molecule has 0 aliphatic heterocycles. The van der Waals surface area contributed by atoms with E-state index in [1.54, 1.807) is 19.1 Å². The van der Waals surface area contributed by atoms with Crippen LogP contribution in [-0.4, -0.2) is 11.1 Å². The SMILES string of the molecule is C[C@]1(C(=O)O)C[C@@H]1c1ccc(Cl)cc1. The molecule has 1 aromatic rings. The maximum atomic E-state index is 10.9. The summed E-state index contributed by atoms with van der Waals surface area (Å²) in [7, 11) is 0. The van der Waals surface area contributed by atoms with Crippen molar-refractivity contribution in [2.75, 3.05) is 0 Å². The van der Waals surface area contributed by atoms with Gasteiger partial charge in [0.05, 0.1) is 5.41 Å². The van der Waals surface area contributed by atoms with E-state index >= 15 is 0 Å². The first kappa shape index (κ1) is 9.53. The van der Waals surface area contributed by atoms with Crippen LogP contribution in [0.1, 0.15) is 24.8 Å². The number of hydrogen-bond acceptors (Lipinski definition) is 1. The minimum atomic E-state index is -0.711. The van der Waals surface area contributed by atoms with Gasteiger partial charge in [0, 0.05) is 10.9 Å². The molecule has 1 aliphatic carbocycles. The van der Waals surface area contributed by atoms with Crippen LogP contribution in [0.2, 0.25) is 5.02 Å². The number of halogens is 1. The smallest absolute Gasteiger partial charge is 0.309 e. The van der Waals surface area contributed by atoms with Crippen LogP contribution < -0.4 is 0 Å². The zero-order valence-electron chi connectivity index (χ0n) is 7.83. The standard InChI is InChI=1S/C11H11ClO2/c1-11(10(13)14)6-9(11)7-2-4-8(12)5-3-7/h2-5,9H,6H2,1H3,(H,13,14)/t9-,11+/m1/s1. The zero-order chi connectivity index (χ0) is 10.3. The summed E-state index contributed by atoms with van der Waals surface area (Å²) in [4.78, 5) is 10.9. The predicted octanol–water partition coefficient (Wildman–Crippen LogP) is 2.92. The zero-order valence-corrected chi connectivity index (χ0v) is 8.58. The Hall–Kier alpha value is -1.02. The molecule has 0 spiro atoms. The molecule has 0 saturated heterocycles. The molecule has 1 aliphatic rings. The van der Waals surface area contributed by atoms with Gasteiger partial charge >= 0.3 is 5.97 Å². The molecule has 1 fully saturated rings. The fraction of sp³-hybridized carbons (Fsp3) is 0.364. The fourth-order valence-corrected chi connectivity index (χ4v) is 1.91. The molecule has 3 heteroatoms. The summed E-state index contributed by atoms with van der Waals surface area (Å²) in [6.45, 7) is 1.79. The molecule has 2 atom stereocenters. The Labute approximate surface area is 87.5 Å². The summed E-state index contributed by atoms with van der Waals surface area (Å²) in [6.07, 6.45) is 0.726. The van der Waals surface area contributed by atoms with Gasteiger partial charge in [-0.2, -0.15) is 0 Å². The van der Waals surface area contributed by atoms with Crippen molar-refractivity contribution in [1.82, 2.24) is 0 Å². The quantitative estimate of drug-likeness (QED) is 0.815. The van der Waals surface area contributed by atoms with Gasteiger partial charge in [-0.3, -0.25) is 4.79 Å².